The summed E-state index contributed by atoms with van der Waals surface area (Å²) < 4.78 is 10.7. The minimum Gasteiger partial charge on any atom is -0.497 e. The molecular weight excluding hydrogens is 290 g/mol. The summed E-state index contributed by atoms with van der Waals surface area (Å²) in [5, 5.41) is 0. The maximum Gasteiger partial charge on any atom is 0.199 e. The molecule has 0 N–H and O–H groups in total. The Balaban J connectivity index is 0.00000220. The van der Waals surface area contributed by atoms with E-state index in [0.717, 1.165) is 17.9 Å². The van der Waals surface area contributed by atoms with E-state index in [2.05, 4.69) is 0 Å². The van der Waals surface area contributed by atoms with Gasteiger partial charge in [0.2, 0.25) is 0 Å². The normalized spacial score (nSPS) is 10.3. The Morgan fingerprint density at radius 3 is 2.38 bits per heavy atom. The van der Waals surface area contributed by atoms with Gasteiger partial charge in [-0.05, 0) is 50.5 Å². The van der Waals surface area contributed by atoms with Crippen molar-refractivity contribution >= 4 is 18.2 Å². The molecule has 114 valence electrons. The van der Waals surface area contributed by atoms with E-state index >= 15 is 0 Å². The fourth-order valence-electron chi connectivity index (χ4n) is 1.85. The molecule has 0 fully saturated rings. The van der Waals surface area contributed by atoms with Crippen LogP contribution in [0.3, 0.4) is 0 Å². The van der Waals surface area contributed by atoms with Gasteiger partial charge < -0.3 is 14.1 Å². The van der Waals surface area contributed by atoms with Crippen LogP contribution < -0.4 is 4.74 Å². The van der Waals surface area contributed by atoms with Gasteiger partial charge >= 0.3 is 0 Å². The van der Waals surface area contributed by atoms with Crippen LogP contribution >= 0.6 is 12.4 Å². The average molecular weight is 310 g/mol. The first-order valence-corrected chi connectivity index (χ1v) is 6.52. The van der Waals surface area contributed by atoms with E-state index in [1.165, 1.54) is 0 Å². The van der Waals surface area contributed by atoms with Crippen LogP contribution in [0, 0.1) is 0 Å². The van der Waals surface area contributed by atoms with Crippen LogP contribution in [-0.2, 0) is 0 Å². The lowest BCUT2D eigenvalue weighted by molar-refractivity contribution is 0.0946. The highest BCUT2D eigenvalue weighted by molar-refractivity contribution is 5.94. The van der Waals surface area contributed by atoms with Crippen molar-refractivity contribution in [2.45, 2.75) is 6.42 Å². The molecule has 1 heterocycles. The molecule has 1 aromatic heterocycles. The predicted octanol–water partition coefficient (Wildman–Crippen LogP) is 3.51. The smallest absolute Gasteiger partial charge is 0.199 e. The second-order valence-electron chi connectivity index (χ2n) is 4.87. The maximum atomic E-state index is 12.0. The van der Waals surface area contributed by atoms with Gasteiger partial charge in [-0.25, -0.2) is 0 Å². The summed E-state index contributed by atoms with van der Waals surface area (Å²) in [7, 11) is 5.51. The van der Waals surface area contributed by atoms with E-state index in [9.17, 15) is 4.79 Å². The molecule has 0 amide bonds. The molecule has 0 aliphatic rings. The summed E-state index contributed by atoms with van der Waals surface area (Å²) in [5.74, 6) is 1.93. The first kappa shape index (κ1) is 17.3. The molecule has 0 bridgehead atoms. The number of benzene rings is 1. The van der Waals surface area contributed by atoms with Crippen LogP contribution in [0.2, 0.25) is 0 Å². The molecule has 2 rings (SSSR count). The van der Waals surface area contributed by atoms with Crippen LogP contribution in [0.25, 0.3) is 11.3 Å². The van der Waals surface area contributed by atoms with Crippen molar-refractivity contribution < 1.29 is 13.9 Å². The molecule has 5 heteroatoms. The Kier molecular flexibility index (Phi) is 6.46. The van der Waals surface area contributed by atoms with Gasteiger partial charge in [0.15, 0.2) is 11.5 Å². The molecule has 0 aliphatic heterocycles. The van der Waals surface area contributed by atoms with E-state index in [0.29, 0.717) is 17.9 Å². The number of methoxy groups -OCH3 is 1. The van der Waals surface area contributed by atoms with E-state index in [1.807, 2.05) is 49.3 Å². The molecule has 4 nitrogen and oxygen atoms in total. The molecule has 0 saturated carbocycles. The summed E-state index contributed by atoms with van der Waals surface area (Å²) in [6, 6.07) is 11.1. The second kappa shape index (κ2) is 7.86. The summed E-state index contributed by atoms with van der Waals surface area (Å²) >= 11 is 0. The van der Waals surface area contributed by atoms with Crippen molar-refractivity contribution in [2.75, 3.05) is 27.7 Å². The van der Waals surface area contributed by atoms with Gasteiger partial charge in [-0.2, -0.15) is 0 Å². The third-order valence-corrected chi connectivity index (χ3v) is 3.04. The number of rotatable bonds is 6. The van der Waals surface area contributed by atoms with E-state index in [1.54, 1.807) is 13.2 Å². The Hall–Kier alpha value is -1.78. The number of carbonyl (C=O) groups excluding carboxylic acids is 1. The molecule has 0 unspecified atom stereocenters. The van der Waals surface area contributed by atoms with Crippen LogP contribution in [0.5, 0.6) is 5.75 Å². The highest BCUT2D eigenvalue weighted by Gasteiger charge is 2.12. The van der Waals surface area contributed by atoms with Gasteiger partial charge in [-0.15, -0.1) is 12.4 Å². The van der Waals surface area contributed by atoms with Crippen LogP contribution in [-0.4, -0.2) is 38.4 Å². The molecule has 0 atom stereocenters. The standard InChI is InChI=1S/C16H19NO3.ClH/c1-17(2)11-10-14(18)16-9-8-15(20-16)12-4-6-13(19-3)7-5-12;/h4-9H,10-11H2,1-3H3;1H. The topological polar surface area (TPSA) is 42.7 Å². The number of carbonyl (C=O) groups is 1. The number of halogens is 1. The van der Waals surface area contributed by atoms with Crippen molar-refractivity contribution in [3.8, 4) is 17.1 Å². The Bertz CT molecular complexity index is 575. The monoisotopic (exact) mass is 309 g/mol. The predicted molar refractivity (Wildman–Crippen MR) is 85.4 cm³/mol. The quantitative estimate of drug-likeness (QED) is 0.766. The molecule has 2 aromatic rings. The lowest BCUT2D eigenvalue weighted by Crippen LogP contribution is -2.16. The second-order valence-corrected chi connectivity index (χ2v) is 4.87. The van der Waals surface area contributed by atoms with Crippen LogP contribution in [0.1, 0.15) is 17.0 Å². The SMILES string of the molecule is COc1ccc(-c2ccc(C(=O)CCN(C)C)o2)cc1.Cl. The Labute approximate surface area is 131 Å². The molecule has 21 heavy (non-hydrogen) atoms. The molecule has 0 aliphatic carbocycles. The van der Waals surface area contributed by atoms with Crippen LogP contribution in [0.4, 0.5) is 0 Å². The fourth-order valence-corrected chi connectivity index (χ4v) is 1.85. The van der Waals surface area contributed by atoms with Crippen molar-refractivity contribution in [3.05, 3.63) is 42.2 Å². The minimum atomic E-state index is 0. The average Bonchev–Trinajstić information content (AvgIpc) is 2.94. The fraction of sp³-hybridized carbons (Fsp3) is 0.312. The summed E-state index contributed by atoms with van der Waals surface area (Å²) in [4.78, 5) is 13.9. The maximum absolute atomic E-state index is 12.0. The molecule has 1 aromatic carbocycles. The lowest BCUT2D eigenvalue weighted by atomic mass is 10.2. The number of furan rings is 1. The highest BCUT2D eigenvalue weighted by atomic mass is 35.5. The number of ether oxygens (including phenoxy) is 1. The van der Waals surface area contributed by atoms with E-state index in [4.69, 9.17) is 9.15 Å². The number of hydrogen-bond donors (Lipinski definition) is 0. The number of nitrogens with zero attached hydrogens (tertiary/aromatic N) is 1. The summed E-state index contributed by atoms with van der Waals surface area (Å²) in [5.41, 5.74) is 0.928. The van der Waals surface area contributed by atoms with Crippen molar-refractivity contribution in [1.82, 2.24) is 4.90 Å². The third kappa shape index (κ3) is 4.62. The van der Waals surface area contributed by atoms with Crippen molar-refractivity contribution in [2.24, 2.45) is 0 Å². The zero-order valence-electron chi connectivity index (χ0n) is 12.5. The highest BCUT2D eigenvalue weighted by Crippen LogP contribution is 2.24. The van der Waals surface area contributed by atoms with Gasteiger partial charge in [0, 0.05) is 18.5 Å². The summed E-state index contributed by atoms with van der Waals surface area (Å²) in [6.07, 6.45) is 0.461. The zero-order valence-corrected chi connectivity index (χ0v) is 13.3. The van der Waals surface area contributed by atoms with Gasteiger partial charge in [-0.1, -0.05) is 0 Å². The third-order valence-electron chi connectivity index (χ3n) is 3.04. The van der Waals surface area contributed by atoms with Gasteiger partial charge in [0.1, 0.15) is 11.5 Å². The number of Topliss-reactive ketones (excluding diaryl/α,β-unsaturated/α-hetero) is 1. The first-order chi connectivity index (χ1) is 9.60. The Morgan fingerprint density at radius 1 is 1.14 bits per heavy atom. The summed E-state index contributed by atoms with van der Waals surface area (Å²) in [6.45, 7) is 0.720. The molecular formula is C16H20ClNO3. The van der Waals surface area contributed by atoms with Crippen LogP contribution in [0.15, 0.2) is 40.8 Å². The lowest BCUT2D eigenvalue weighted by Gasteiger charge is -2.06. The molecule has 0 radical (unpaired) electrons. The van der Waals surface area contributed by atoms with Gasteiger partial charge in [-0.3, -0.25) is 4.79 Å². The largest absolute Gasteiger partial charge is 0.497 e. The van der Waals surface area contributed by atoms with Crippen molar-refractivity contribution in [1.29, 1.82) is 0 Å². The molecule has 0 spiro atoms. The first-order valence-electron chi connectivity index (χ1n) is 6.52. The molecule has 0 saturated heterocycles. The zero-order chi connectivity index (χ0) is 14.5. The van der Waals surface area contributed by atoms with Gasteiger partial charge in [0.05, 0.1) is 7.11 Å². The number of hydrogen-bond acceptors (Lipinski definition) is 4. The Morgan fingerprint density at radius 2 is 1.81 bits per heavy atom. The van der Waals surface area contributed by atoms with E-state index < -0.39 is 0 Å². The van der Waals surface area contributed by atoms with Crippen molar-refractivity contribution in [3.63, 3.8) is 0 Å². The van der Waals surface area contributed by atoms with E-state index in [-0.39, 0.29) is 18.2 Å². The number of ketones is 1. The van der Waals surface area contributed by atoms with Gasteiger partial charge in [0.25, 0.3) is 0 Å². The minimum absolute atomic E-state index is 0.